The molecule has 0 bridgehead atoms. The van der Waals surface area contributed by atoms with E-state index in [1.807, 2.05) is 19.1 Å². The van der Waals surface area contributed by atoms with Crippen LogP contribution in [0, 0.1) is 12.8 Å². The van der Waals surface area contributed by atoms with Crippen LogP contribution in [-0.2, 0) is 17.6 Å². The van der Waals surface area contributed by atoms with Crippen molar-refractivity contribution in [3.63, 3.8) is 0 Å². The number of carbonyl (C=O) groups excluding carboxylic acids is 1. The first kappa shape index (κ1) is 14.1. The fraction of sp³-hybridized carbons (Fsp3) is 0.235. The van der Waals surface area contributed by atoms with E-state index in [1.165, 1.54) is 11.1 Å². The molecule has 0 aliphatic heterocycles. The standard InChI is InChI=1S/C17H16BrNO2/c1-10-2-5-15(16(20)6-10)19-17(21)13-7-11-3-4-14(18)9-12(11)8-13/h2-6,9,13,20H,7-8H2,1H3,(H,19,21). The Morgan fingerprint density at radius 1 is 1.19 bits per heavy atom. The van der Waals surface area contributed by atoms with Crippen LogP contribution in [0.5, 0.6) is 5.75 Å². The number of fused-ring (bicyclic) bond motifs is 1. The molecule has 21 heavy (non-hydrogen) atoms. The van der Waals surface area contributed by atoms with Crippen LogP contribution in [0.2, 0.25) is 0 Å². The number of halogens is 1. The summed E-state index contributed by atoms with van der Waals surface area (Å²) in [6.45, 7) is 1.90. The molecule has 0 radical (unpaired) electrons. The second-order valence-electron chi connectivity index (χ2n) is 5.53. The van der Waals surface area contributed by atoms with Gasteiger partial charge in [0.25, 0.3) is 0 Å². The van der Waals surface area contributed by atoms with Crippen molar-refractivity contribution in [1.82, 2.24) is 0 Å². The minimum atomic E-state index is -0.0741. The predicted octanol–water partition coefficient (Wildman–Crippen LogP) is 3.82. The largest absolute Gasteiger partial charge is 0.506 e. The Bertz CT molecular complexity index is 712. The third kappa shape index (κ3) is 2.95. The van der Waals surface area contributed by atoms with Crippen molar-refractivity contribution >= 4 is 27.5 Å². The van der Waals surface area contributed by atoms with Gasteiger partial charge in [0.1, 0.15) is 5.75 Å². The summed E-state index contributed by atoms with van der Waals surface area (Å²) in [4.78, 5) is 12.4. The SMILES string of the molecule is Cc1ccc(NC(=O)C2Cc3ccc(Br)cc3C2)c(O)c1. The van der Waals surface area contributed by atoms with Crippen LogP contribution in [0.25, 0.3) is 0 Å². The number of aromatic hydroxyl groups is 1. The molecule has 1 aliphatic rings. The zero-order valence-corrected chi connectivity index (χ0v) is 13.3. The zero-order chi connectivity index (χ0) is 15.0. The molecule has 0 fully saturated rings. The van der Waals surface area contributed by atoms with Crippen LogP contribution in [0.1, 0.15) is 16.7 Å². The number of aryl methyl sites for hydroxylation is 1. The molecule has 1 unspecified atom stereocenters. The van der Waals surface area contributed by atoms with E-state index in [2.05, 4.69) is 33.4 Å². The lowest BCUT2D eigenvalue weighted by Crippen LogP contribution is -2.23. The third-order valence-corrected chi connectivity index (χ3v) is 4.38. The molecule has 0 aromatic heterocycles. The highest BCUT2D eigenvalue weighted by atomic mass is 79.9. The second-order valence-corrected chi connectivity index (χ2v) is 6.44. The van der Waals surface area contributed by atoms with E-state index in [1.54, 1.807) is 12.1 Å². The first-order chi connectivity index (χ1) is 10.0. The highest BCUT2D eigenvalue weighted by molar-refractivity contribution is 9.10. The van der Waals surface area contributed by atoms with E-state index in [4.69, 9.17) is 0 Å². The maximum absolute atomic E-state index is 12.4. The molecule has 1 atom stereocenters. The maximum Gasteiger partial charge on any atom is 0.228 e. The molecule has 3 nitrogen and oxygen atoms in total. The first-order valence-corrected chi connectivity index (χ1v) is 7.70. The molecule has 2 aromatic carbocycles. The lowest BCUT2D eigenvalue weighted by molar-refractivity contribution is -0.119. The molecular formula is C17H16BrNO2. The van der Waals surface area contributed by atoms with Crippen LogP contribution in [0.4, 0.5) is 5.69 Å². The lowest BCUT2D eigenvalue weighted by Gasteiger charge is -2.12. The minimum Gasteiger partial charge on any atom is -0.506 e. The van der Waals surface area contributed by atoms with E-state index in [0.29, 0.717) is 5.69 Å². The summed E-state index contributed by atoms with van der Waals surface area (Å²) >= 11 is 3.46. The van der Waals surface area contributed by atoms with E-state index >= 15 is 0 Å². The quantitative estimate of drug-likeness (QED) is 0.813. The van der Waals surface area contributed by atoms with Gasteiger partial charge in [-0.15, -0.1) is 0 Å². The van der Waals surface area contributed by atoms with Gasteiger partial charge in [0, 0.05) is 10.4 Å². The molecule has 0 saturated heterocycles. The average molecular weight is 346 g/mol. The number of phenolic OH excluding ortho intramolecular Hbond substituents is 1. The summed E-state index contributed by atoms with van der Waals surface area (Å²) in [6, 6.07) is 11.4. The number of rotatable bonds is 2. The molecule has 1 amide bonds. The molecule has 0 spiro atoms. The highest BCUT2D eigenvalue weighted by Crippen LogP contribution is 2.31. The van der Waals surface area contributed by atoms with Gasteiger partial charge >= 0.3 is 0 Å². The van der Waals surface area contributed by atoms with Crippen molar-refractivity contribution in [3.05, 3.63) is 57.6 Å². The van der Waals surface area contributed by atoms with Gasteiger partial charge in [-0.2, -0.15) is 0 Å². The zero-order valence-electron chi connectivity index (χ0n) is 11.7. The first-order valence-electron chi connectivity index (χ1n) is 6.91. The number of benzene rings is 2. The van der Waals surface area contributed by atoms with Gasteiger partial charge in [0.05, 0.1) is 5.69 Å². The van der Waals surface area contributed by atoms with Crippen molar-refractivity contribution in [2.45, 2.75) is 19.8 Å². The average Bonchev–Trinajstić information content (AvgIpc) is 2.85. The minimum absolute atomic E-state index is 0.0403. The van der Waals surface area contributed by atoms with Crippen molar-refractivity contribution in [2.24, 2.45) is 5.92 Å². The summed E-state index contributed by atoms with van der Waals surface area (Å²) in [5.41, 5.74) is 3.88. The van der Waals surface area contributed by atoms with Crippen molar-refractivity contribution in [1.29, 1.82) is 0 Å². The van der Waals surface area contributed by atoms with Gasteiger partial charge in [-0.25, -0.2) is 0 Å². The van der Waals surface area contributed by atoms with E-state index in [0.717, 1.165) is 22.9 Å². The molecule has 0 saturated carbocycles. The number of hydrogen-bond donors (Lipinski definition) is 2. The summed E-state index contributed by atoms with van der Waals surface area (Å²) in [7, 11) is 0. The Hall–Kier alpha value is -1.81. The summed E-state index contributed by atoms with van der Waals surface area (Å²) in [5.74, 6) is -0.00177. The smallest absolute Gasteiger partial charge is 0.228 e. The monoisotopic (exact) mass is 345 g/mol. The molecule has 108 valence electrons. The third-order valence-electron chi connectivity index (χ3n) is 3.88. The van der Waals surface area contributed by atoms with Gasteiger partial charge in [-0.1, -0.05) is 28.1 Å². The van der Waals surface area contributed by atoms with Crippen LogP contribution in [0.15, 0.2) is 40.9 Å². The summed E-state index contributed by atoms with van der Waals surface area (Å²) in [6.07, 6.45) is 1.49. The molecule has 4 heteroatoms. The van der Waals surface area contributed by atoms with Crippen LogP contribution in [0.3, 0.4) is 0 Å². The second kappa shape index (κ2) is 5.53. The Balaban J connectivity index is 1.73. The molecule has 3 rings (SSSR count). The Morgan fingerprint density at radius 3 is 2.71 bits per heavy atom. The molecule has 1 aliphatic carbocycles. The molecule has 2 aromatic rings. The van der Waals surface area contributed by atoms with Crippen LogP contribution >= 0.6 is 15.9 Å². The van der Waals surface area contributed by atoms with Crippen LogP contribution in [-0.4, -0.2) is 11.0 Å². The summed E-state index contributed by atoms with van der Waals surface area (Å²) < 4.78 is 1.04. The number of anilines is 1. The van der Waals surface area contributed by atoms with Crippen LogP contribution < -0.4 is 5.32 Å². The Labute approximate surface area is 132 Å². The van der Waals surface area contributed by atoms with E-state index in [-0.39, 0.29) is 17.6 Å². The van der Waals surface area contributed by atoms with Gasteiger partial charge in [-0.3, -0.25) is 4.79 Å². The van der Waals surface area contributed by atoms with Gasteiger partial charge in [0.2, 0.25) is 5.91 Å². The Kier molecular flexibility index (Phi) is 3.72. The molecule has 2 N–H and O–H groups in total. The number of hydrogen-bond acceptors (Lipinski definition) is 2. The predicted molar refractivity (Wildman–Crippen MR) is 86.5 cm³/mol. The van der Waals surface area contributed by atoms with Crippen molar-refractivity contribution < 1.29 is 9.90 Å². The van der Waals surface area contributed by atoms with Gasteiger partial charge < -0.3 is 10.4 Å². The number of phenols is 1. The van der Waals surface area contributed by atoms with Gasteiger partial charge in [0.15, 0.2) is 0 Å². The Morgan fingerprint density at radius 2 is 1.95 bits per heavy atom. The normalized spacial score (nSPS) is 16.6. The number of nitrogens with one attached hydrogen (secondary N) is 1. The number of carbonyl (C=O) groups is 1. The van der Waals surface area contributed by atoms with Gasteiger partial charge in [-0.05, 0) is 60.7 Å². The highest BCUT2D eigenvalue weighted by Gasteiger charge is 2.27. The summed E-state index contributed by atoms with van der Waals surface area (Å²) in [5, 5.41) is 12.7. The van der Waals surface area contributed by atoms with Crippen molar-refractivity contribution in [3.8, 4) is 5.75 Å². The lowest BCUT2D eigenvalue weighted by atomic mass is 10.1. The van der Waals surface area contributed by atoms with E-state index in [9.17, 15) is 9.90 Å². The fourth-order valence-corrected chi connectivity index (χ4v) is 3.16. The fourth-order valence-electron chi connectivity index (χ4n) is 2.75. The topological polar surface area (TPSA) is 49.3 Å². The van der Waals surface area contributed by atoms with E-state index < -0.39 is 0 Å². The molecular weight excluding hydrogens is 330 g/mol. The maximum atomic E-state index is 12.4. The molecule has 0 heterocycles. The number of amides is 1. The van der Waals surface area contributed by atoms with Crippen molar-refractivity contribution in [2.75, 3.05) is 5.32 Å².